The van der Waals surface area contributed by atoms with E-state index < -0.39 is 29.7 Å². The number of aromatic amines is 1. The van der Waals surface area contributed by atoms with Crippen LogP contribution in [0, 0.1) is 0 Å². The lowest BCUT2D eigenvalue weighted by atomic mass is 9.92. The fraction of sp³-hybridized carbons (Fsp3) is 0.296. The number of aliphatic hydroxyl groups excluding tert-OH is 1. The summed E-state index contributed by atoms with van der Waals surface area (Å²) in [6.45, 7) is 4.48. The van der Waals surface area contributed by atoms with Crippen molar-refractivity contribution in [3.05, 3.63) is 75.7 Å². The fourth-order valence-corrected chi connectivity index (χ4v) is 5.25. The number of hydrogen-bond acceptors (Lipinski definition) is 8. The number of aromatic hydroxyl groups is 1. The van der Waals surface area contributed by atoms with Gasteiger partial charge in [0.15, 0.2) is 16.6 Å². The lowest BCUT2D eigenvalue weighted by Gasteiger charge is -2.24. The van der Waals surface area contributed by atoms with Crippen LogP contribution in [0.2, 0.25) is 0 Å². The Morgan fingerprint density at radius 1 is 1.18 bits per heavy atom. The molecule has 0 fully saturated rings. The molecule has 0 bridgehead atoms. The number of nitrogens with one attached hydrogen (secondary N) is 2. The van der Waals surface area contributed by atoms with Crippen LogP contribution >= 0.6 is 11.3 Å². The highest BCUT2D eigenvalue weighted by Crippen LogP contribution is 2.39. The first kappa shape index (κ1) is 25.6. The zero-order valence-corrected chi connectivity index (χ0v) is 21.7. The second-order valence-electron chi connectivity index (χ2n) is 8.99. The quantitative estimate of drug-likeness (QED) is 0.265. The first-order chi connectivity index (χ1) is 18.4. The van der Waals surface area contributed by atoms with Crippen LogP contribution in [0.3, 0.4) is 0 Å². The number of fused-ring (bicyclic) bond motifs is 1. The zero-order chi connectivity index (χ0) is 26.8. The SMILES string of the molecule is CCC(O)c1csc(NC(=O)[C@H]([C@@H](C)c2ccccc2)n2c(O)c(-c3ccc4c(c3)OCCO4)[nH]c2=O)n1. The molecule has 0 radical (unpaired) electrons. The van der Waals surface area contributed by atoms with E-state index in [2.05, 4.69) is 15.3 Å². The molecule has 1 aliphatic rings. The molecule has 0 spiro atoms. The number of rotatable bonds is 8. The number of hydrogen-bond donors (Lipinski definition) is 4. The summed E-state index contributed by atoms with van der Waals surface area (Å²) in [6, 6.07) is 13.3. The van der Waals surface area contributed by atoms with Crippen LogP contribution in [0.4, 0.5) is 5.13 Å². The molecule has 1 aliphatic heterocycles. The van der Waals surface area contributed by atoms with E-state index >= 15 is 0 Å². The third kappa shape index (κ3) is 4.90. The van der Waals surface area contributed by atoms with Gasteiger partial charge in [0.05, 0.1) is 11.8 Å². The average molecular weight is 537 g/mol. The van der Waals surface area contributed by atoms with Crippen LogP contribution < -0.4 is 20.5 Å². The minimum absolute atomic E-state index is 0.160. The molecule has 0 saturated carbocycles. The Balaban J connectivity index is 1.54. The molecule has 38 heavy (non-hydrogen) atoms. The van der Waals surface area contributed by atoms with Crippen LogP contribution in [0.15, 0.2) is 58.7 Å². The fourth-order valence-electron chi connectivity index (χ4n) is 4.49. The number of imidazole rings is 1. The second kappa shape index (κ2) is 10.7. The van der Waals surface area contributed by atoms with Crippen molar-refractivity contribution in [3.8, 4) is 28.6 Å². The van der Waals surface area contributed by atoms with Gasteiger partial charge in [-0.05, 0) is 30.2 Å². The molecule has 10 nitrogen and oxygen atoms in total. The molecule has 4 N–H and O–H groups in total. The van der Waals surface area contributed by atoms with E-state index in [9.17, 15) is 19.8 Å². The molecule has 0 aliphatic carbocycles. The normalized spacial score (nSPS) is 15.0. The Labute approximate surface area is 222 Å². The van der Waals surface area contributed by atoms with E-state index in [-0.39, 0.29) is 16.7 Å². The van der Waals surface area contributed by atoms with Gasteiger partial charge in [-0.15, -0.1) is 11.3 Å². The minimum atomic E-state index is -1.12. The summed E-state index contributed by atoms with van der Waals surface area (Å²) in [5.41, 5.74) is 1.29. The van der Waals surface area contributed by atoms with Gasteiger partial charge < -0.3 is 30.0 Å². The number of benzene rings is 2. The van der Waals surface area contributed by atoms with Crippen molar-refractivity contribution in [1.82, 2.24) is 14.5 Å². The van der Waals surface area contributed by atoms with Gasteiger partial charge in [0, 0.05) is 16.9 Å². The number of ether oxygens (including phenoxy) is 2. The number of H-pyrrole nitrogens is 1. The van der Waals surface area contributed by atoms with Crippen LogP contribution in [-0.4, -0.2) is 43.9 Å². The minimum Gasteiger partial charge on any atom is -0.493 e. The van der Waals surface area contributed by atoms with Gasteiger partial charge in [-0.2, -0.15) is 0 Å². The van der Waals surface area contributed by atoms with Crippen LogP contribution in [0.5, 0.6) is 17.4 Å². The first-order valence-corrected chi connectivity index (χ1v) is 13.2. The van der Waals surface area contributed by atoms with Crippen molar-refractivity contribution in [3.63, 3.8) is 0 Å². The molecular formula is C27H28N4O6S. The molecule has 2 aromatic heterocycles. The Morgan fingerprint density at radius 3 is 2.66 bits per heavy atom. The van der Waals surface area contributed by atoms with Gasteiger partial charge >= 0.3 is 5.69 Å². The van der Waals surface area contributed by atoms with Crippen LogP contribution in [-0.2, 0) is 4.79 Å². The monoisotopic (exact) mass is 536 g/mol. The summed E-state index contributed by atoms with van der Waals surface area (Å²) in [6.07, 6.45) is -0.249. The number of carbonyl (C=O) groups excluding carboxylic acids is 1. The number of amides is 1. The van der Waals surface area contributed by atoms with Crippen molar-refractivity contribution >= 4 is 22.4 Å². The molecule has 3 heterocycles. The summed E-state index contributed by atoms with van der Waals surface area (Å²) < 4.78 is 12.3. The molecular weight excluding hydrogens is 508 g/mol. The Kier molecular flexibility index (Phi) is 7.21. The molecule has 1 unspecified atom stereocenters. The molecule has 4 aromatic rings. The number of carbonyl (C=O) groups is 1. The average Bonchev–Trinajstić information content (AvgIpc) is 3.52. The summed E-state index contributed by atoms with van der Waals surface area (Å²) in [5, 5.41) is 26.1. The van der Waals surface area contributed by atoms with Crippen LogP contribution in [0.25, 0.3) is 11.3 Å². The molecule has 198 valence electrons. The predicted octanol–water partition coefficient (Wildman–Crippen LogP) is 4.20. The first-order valence-electron chi connectivity index (χ1n) is 12.3. The Morgan fingerprint density at radius 2 is 1.92 bits per heavy atom. The van der Waals surface area contributed by atoms with Gasteiger partial charge in [-0.1, -0.05) is 44.2 Å². The number of aromatic nitrogens is 3. The zero-order valence-electron chi connectivity index (χ0n) is 20.9. The van der Waals surface area contributed by atoms with E-state index in [0.717, 1.165) is 10.1 Å². The maximum atomic E-state index is 13.7. The number of nitrogens with zero attached hydrogens (tertiary/aromatic N) is 2. The number of aliphatic hydroxyl groups is 1. The maximum Gasteiger partial charge on any atom is 0.329 e. The number of thiazole rings is 1. The standard InChI is InChI=1S/C27H28N4O6S/c1-3-19(32)18-14-38-26(28-18)30-24(33)23(15(2)16-7-5-4-6-8-16)31-25(34)22(29-27(31)35)17-9-10-20-21(13-17)37-12-11-36-20/h4-10,13-15,19,23,32,34H,3,11-12H2,1-2H3,(H,29,35)(H,28,30,33)/t15-,19?,23-/m0/s1. The predicted molar refractivity (Wildman–Crippen MR) is 143 cm³/mol. The van der Waals surface area contributed by atoms with E-state index in [4.69, 9.17) is 9.47 Å². The summed E-state index contributed by atoms with van der Waals surface area (Å²) in [5.74, 6) is -0.326. The molecule has 0 saturated heterocycles. The molecule has 1 amide bonds. The Hall–Kier alpha value is -4.09. The van der Waals surface area contributed by atoms with E-state index in [1.165, 1.54) is 11.3 Å². The summed E-state index contributed by atoms with van der Waals surface area (Å²) >= 11 is 1.18. The van der Waals surface area contributed by atoms with Crippen molar-refractivity contribution in [2.45, 2.75) is 38.3 Å². The molecule has 2 aromatic carbocycles. The third-order valence-electron chi connectivity index (χ3n) is 6.56. The molecule has 5 rings (SSSR count). The van der Waals surface area contributed by atoms with Crippen molar-refractivity contribution < 1.29 is 24.5 Å². The van der Waals surface area contributed by atoms with E-state index in [1.54, 1.807) is 23.6 Å². The largest absolute Gasteiger partial charge is 0.493 e. The highest BCUT2D eigenvalue weighted by atomic mass is 32.1. The smallest absolute Gasteiger partial charge is 0.329 e. The summed E-state index contributed by atoms with van der Waals surface area (Å²) in [4.78, 5) is 34.0. The topological polar surface area (TPSA) is 139 Å². The van der Waals surface area contributed by atoms with Gasteiger partial charge in [0.2, 0.25) is 11.8 Å². The van der Waals surface area contributed by atoms with Crippen molar-refractivity contribution in [2.75, 3.05) is 18.5 Å². The number of anilines is 1. The third-order valence-corrected chi connectivity index (χ3v) is 7.34. The van der Waals surface area contributed by atoms with E-state index in [0.29, 0.717) is 42.4 Å². The maximum absolute atomic E-state index is 13.7. The highest BCUT2D eigenvalue weighted by Gasteiger charge is 2.34. The van der Waals surface area contributed by atoms with Crippen molar-refractivity contribution in [2.24, 2.45) is 0 Å². The van der Waals surface area contributed by atoms with E-state index in [1.807, 2.05) is 44.2 Å². The van der Waals surface area contributed by atoms with Gasteiger partial charge in [0.25, 0.3) is 0 Å². The highest BCUT2D eigenvalue weighted by molar-refractivity contribution is 7.13. The van der Waals surface area contributed by atoms with Gasteiger partial charge in [-0.25, -0.2) is 14.3 Å². The van der Waals surface area contributed by atoms with Crippen molar-refractivity contribution in [1.29, 1.82) is 0 Å². The van der Waals surface area contributed by atoms with Gasteiger partial charge in [-0.3, -0.25) is 4.79 Å². The van der Waals surface area contributed by atoms with Crippen LogP contribution in [0.1, 0.15) is 49.6 Å². The lowest BCUT2D eigenvalue weighted by Crippen LogP contribution is -2.35. The summed E-state index contributed by atoms with van der Waals surface area (Å²) in [7, 11) is 0. The molecule has 11 heteroatoms. The lowest BCUT2D eigenvalue weighted by molar-refractivity contribution is -0.120. The Bertz CT molecular complexity index is 1490. The van der Waals surface area contributed by atoms with Gasteiger partial charge in [0.1, 0.15) is 24.9 Å². The second-order valence-corrected chi connectivity index (χ2v) is 9.85. The molecule has 3 atom stereocenters.